The topological polar surface area (TPSA) is 95.2 Å². The molecule has 136 valence electrons. The van der Waals surface area contributed by atoms with Gasteiger partial charge in [0.2, 0.25) is 5.91 Å². The van der Waals surface area contributed by atoms with Crippen molar-refractivity contribution in [2.45, 2.75) is 24.8 Å². The second kappa shape index (κ2) is 5.82. The molecule has 2 fully saturated rings. The van der Waals surface area contributed by atoms with Gasteiger partial charge in [0.15, 0.2) is 0 Å². The van der Waals surface area contributed by atoms with Gasteiger partial charge in [0.25, 0.3) is 5.91 Å². The van der Waals surface area contributed by atoms with E-state index in [-0.39, 0.29) is 18.2 Å². The largest absolute Gasteiger partial charge is 0.481 e. The lowest BCUT2D eigenvalue weighted by molar-refractivity contribution is -0.145. The molecule has 8 heteroatoms. The van der Waals surface area contributed by atoms with Crippen molar-refractivity contribution in [3.63, 3.8) is 0 Å². The van der Waals surface area contributed by atoms with Crippen LogP contribution < -0.4 is 0 Å². The number of rotatable bonds is 2. The van der Waals surface area contributed by atoms with Crippen LogP contribution in [0.25, 0.3) is 5.65 Å². The van der Waals surface area contributed by atoms with Crippen molar-refractivity contribution in [3.05, 3.63) is 36.3 Å². The minimum atomic E-state index is -0.937. The highest BCUT2D eigenvalue weighted by molar-refractivity contribution is 5.94. The quantitative estimate of drug-likeness (QED) is 0.862. The maximum Gasteiger partial charge on any atom is 0.309 e. The first-order valence-electron chi connectivity index (χ1n) is 8.64. The van der Waals surface area contributed by atoms with Crippen molar-refractivity contribution in [2.24, 2.45) is 5.92 Å². The molecule has 2 amide bonds. The average molecular weight is 356 g/mol. The van der Waals surface area contributed by atoms with Gasteiger partial charge >= 0.3 is 5.97 Å². The minimum Gasteiger partial charge on any atom is -0.481 e. The maximum absolute atomic E-state index is 12.8. The van der Waals surface area contributed by atoms with Crippen LogP contribution in [0.3, 0.4) is 0 Å². The molecular formula is C18H20N4O4. The van der Waals surface area contributed by atoms with Gasteiger partial charge in [-0.25, -0.2) is 4.98 Å². The number of fused-ring (bicyclic) bond motifs is 1. The van der Waals surface area contributed by atoms with E-state index in [1.54, 1.807) is 52.0 Å². The summed E-state index contributed by atoms with van der Waals surface area (Å²) in [6, 6.07) is 3.54. The fraction of sp³-hybridized carbons (Fsp3) is 0.444. The van der Waals surface area contributed by atoms with Crippen LogP contribution in [-0.2, 0) is 9.59 Å². The maximum atomic E-state index is 12.8. The molecule has 0 aliphatic carbocycles. The lowest BCUT2D eigenvalue weighted by Gasteiger charge is -2.45. The molecule has 0 saturated carbocycles. The Morgan fingerprint density at radius 2 is 2.00 bits per heavy atom. The fourth-order valence-corrected chi connectivity index (χ4v) is 4.31. The molecule has 0 radical (unpaired) electrons. The number of hydrogen-bond acceptors (Lipinski definition) is 4. The first kappa shape index (κ1) is 16.6. The third-order valence-electron chi connectivity index (χ3n) is 5.92. The molecule has 1 atom stereocenters. The Morgan fingerprint density at radius 1 is 1.27 bits per heavy atom. The third kappa shape index (κ3) is 2.36. The number of aromatic nitrogens is 2. The number of carbonyl (C=O) groups excluding carboxylic acids is 2. The van der Waals surface area contributed by atoms with E-state index in [9.17, 15) is 19.5 Å². The van der Waals surface area contributed by atoms with E-state index in [1.165, 1.54) is 0 Å². The number of piperidine rings is 1. The van der Waals surface area contributed by atoms with E-state index < -0.39 is 17.4 Å². The van der Waals surface area contributed by atoms with Crippen molar-refractivity contribution in [1.29, 1.82) is 0 Å². The number of carbonyl (C=O) groups is 3. The molecule has 1 spiro atoms. The predicted octanol–water partition coefficient (Wildman–Crippen LogP) is 0.872. The summed E-state index contributed by atoms with van der Waals surface area (Å²) in [6.07, 6.45) is 6.20. The molecule has 0 aromatic carbocycles. The van der Waals surface area contributed by atoms with Crippen molar-refractivity contribution >= 4 is 23.4 Å². The van der Waals surface area contributed by atoms with E-state index >= 15 is 0 Å². The number of likely N-dealkylation sites (tertiary alicyclic amines) is 2. The van der Waals surface area contributed by atoms with Crippen LogP contribution in [0.15, 0.2) is 30.7 Å². The molecule has 2 aromatic heterocycles. The second-order valence-electron chi connectivity index (χ2n) is 7.05. The van der Waals surface area contributed by atoms with Gasteiger partial charge in [-0.15, -0.1) is 0 Å². The van der Waals surface area contributed by atoms with Gasteiger partial charge in [0.1, 0.15) is 5.65 Å². The summed E-state index contributed by atoms with van der Waals surface area (Å²) in [6.45, 7) is 0.865. The molecule has 1 N–H and O–H groups in total. The molecular weight excluding hydrogens is 336 g/mol. The number of pyridine rings is 1. The highest BCUT2D eigenvalue weighted by Crippen LogP contribution is 2.42. The number of amides is 2. The Balaban J connectivity index is 1.53. The van der Waals surface area contributed by atoms with Gasteiger partial charge in [-0.05, 0) is 25.0 Å². The summed E-state index contributed by atoms with van der Waals surface area (Å²) in [5.74, 6) is -1.87. The predicted molar refractivity (Wildman–Crippen MR) is 91.6 cm³/mol. The normalized spacial score (nSPS) is 22.3. The molecule has 2 saturated heterocycles. The number of nitrogens with zero attached hydrogens (tertiary/aromatic N) is 4. The van der Waals surface area contributed by atoms with Crippen LogP contribution >= 0.6 is 0 Å². The van der Waals surface area contributed by atoms with Gasteiger partial charge in [0.05, 0.1) is 17.0 Å². The van der Waals surface area contributed by atoms with E-state index in [2.05, 4.69) is 4.98 Å². The summed E-state index contributed by atoms with van der Waals surface area (Å²) < 4.78 is 1.79. The van der Waals surface area contributed by atoms with Crippen LogP contribution in [-0.4, -0.2) is 67.8 Å². The Hall–Kier alpha value is -2.90. The Kier molecular flexibility index (Phi) is 3.71. The van der Waals surface area contributed by atoms with Crippen molar-refractivity contribution in [2.75, 3.05) is 20.1 Å². The molecule has 0 unspecified atom stereocenters. The Morgan fingerprint density at radius 3 is 2.69 bits per heavy atom. The standard InChI is InChI=1S/C18H20N4O4/c1-20-15(23)10-13(17(25)26)18(20)4-7-21(8-5-18)16(24)12-2-3-14-19-6-9-22(14)11-12/h2-3,6,9,11,13H,4-5,7-8,10H2,1H3,(H,25,26)/t13-/m1/s1. The molecule has 2 aliphatic heterocycles. The fourth-order valence-electron chi connectivity index (χ4n) is 4.31. The highest BCUT2D eigenvalue weighted by Gasteiger charge is 2.55. The molecule has 8 nitrogen and oxygen atoms in total. The number of aliphatic carboxylic acids is 1. The van der Waals surface area contributed by atoms with Crippen molar-refractivity contribution in [3.8, 4) is 0 Å². The van der Waals surface area contributed by atoms with Gasteiger partial charge < -0.3 is 19.3 Å². The van der Waals surface area contributed by atoms with E-state index in [4.69, 9.17) is 0 Å². The van der Waals surface area contributed by atoms with Crippen molar-refractivity contribution < 1.29 is 19.5 Å². The van der Waals surface area contributed by atoms with Crippen molar-refractivity contribution in [1.82, 2.24) is 19.2 Å². The molecule has 4 rings (SSSR count). The smallest absolute Gasteiger partial charge is 0.309 e. The van der Waals surface area contributed by atoms with Crippen LogP contribution in [0.4, 0.5) is 0 Å². The summed E-state index contributed by atoms with van der Waals surface area (Å²) in [7, 11) is 1.68. The van der Waals surface area contributed by atoms with E-state index in [1.807, 2.05) is 0 Å². The van der Waals surface area contributed by atoms with Crippen LogP contribution in [0.5, 0.6) is 0 Å². The highest BCUT2D eigenvalue weighted by atomic mass is 16.4. The number of carboxylic acid groups (broad SMARTS) is 1. The third-order valence-corrected chi connectivity index (χ3v) is 5.92. The van der Waals surface area contributed by atoms with E-state index in [0.717, 1.165) is 5.65 Å². The van der Waals surface area contributed by atoms with E-state index in [0.29, 0.717) is 31.5 Å². The first-order valence-corrected chi connectivity index (χ1v) is 8.64. The Labute approximate surface area is 150 Å². The van der Waals surface area contributed by atoms with Crippen LogP contribution in [0, 0.1) is 5.92 Å². The zero-order chi connectivity index (χ0) is 18.5. The summed E-state index contributed by atoms with van der Waals surface area (Å²) in [5.41, 5.74) is 0.653. The molecule has 26 heavy (non-hydrogen) atoms. The molecule has 2 aromatic rings. The van der Waals surface area contributed by atoms with Gasteiger partial charge in [-0.1, -0.05) is 0 Å². The minimum absolute atomic E-state index is 0.0388. The van der Waals surface area contributed by atoms with Gasteiger partial charge in [-0.2, -0.15) is 0 Å². The zero-order valence-electron chi connectivity index (χ0n) is 14.5. The van der Waals surface area contributed by atoms with Crippen LogP contribution in [0.1, 0.15) is 29.6 Å². The zero-order valence-corrected chi connectivity index (χ0v) is 14.5. The van der Waals surface area contributed by atoms with Gasteiger partial charge in [0, 0.05) is 45.1 Å². The first-order chi connectivity index (χ1) is 12.4. The molecule has 4 heterocycles. The Bertz CT molecular complexity index is 897. The summed E-state index contributed by atoms with van der Waals surface area (Å²) >= 11 is 0. The number of carboxylic acids is 1. The number of imidazole rings is 1. The average Bonchev–Trinajstić information content (AvgIpc) is 3.20. The SMILES string of the molecule is CN1C(=O)C[C@H](C(=O)O)C12CCN(C(=O)c1ccc3nccn3c1)CC2. The lowest BCUT2D eigenvalue weighted by Crippen LogP contribution is -2.56. The van der Waals surface area contributed by atoms with Gasteiger partial charge in [-0.3, -0.25) is 14.4 Å². The second-order valence-corrected chi connectivity index (χ2v) is 7.05. The lowest BCUT2D eigenvalue weighted by atomic mass is 9.77. The molecule has 0 bridgehead atoms. The van der Waals surface area contributed by atoms with Crippen LogP contribution in [0.2, 0.25) is 0 Å². The number of hydrogen-bond donors (Lipinski definition) is 1. The monoisotopic (exact) mass is 356 g/mol. The summed E-state index contributed by atoms with van der Waals surface area (Å²) in [4.78, 5) is 44.0. The summed E-state index contributed by atoms with van der Waals surface area (Å²) in [5, 5.41) is 9.53. The molecule has 2 aliphatic rings.